The highest BCUT2D eigenvalue weighted by atomic mass is 32.1. The van der Waals surface area contributed by atoms with E-state index in [0.717, 1.165) is 10.6 Å². The standard InChI is InChI=1S/C20H20N2O5S2/c1-12(21-18(23)16-8-5-9-28-16)20(24)27-10-13-11-29-19(22-13)14-6-4-7-15(25-2)17(14)26-3/h4-9,11-12H,10H2,1-3H3,(H,21,23). The molecule has 1 aromatic carbocycles. The van der Waals surface area contributed by atoms with Crippen LogP contribution in [-0.4, -0.2) is 37.1 Å². The van der Waals surface area contributed by atoms with Gasteiger partial charge in [0.1, 0.15) is 17.7 Å². The first-order valence-electron chi connectivity index (χ1n) is 8.70. The smallest absolute Gasteiger partial charge is 0.328 e. The van der Waals surface area contributed by atoms with Gasteiger partial charge in [0.05, 0.1) is 30.4 Å². The zero-order chi connectivity index (χ0) is 20.8. The maximum atomic E-state index is 12.2. The average molecular weight is 433 g/mol. The van der Waals surface area contributed by atoms with E-state index in [1.807, 2.05) is 23.6 Å². The number of carbonyl (C=O) groups excluding carboxylic acids is 2. The summed E-state index contributed by atoms with van der Waals surface area (Å²) < 4.78 is 16.1. The van der Waals surface area contributed by atoms with Gasteiger partial charge >= 0.3 is 5.97 Å². The van der Waals surface area contributed by atoms with Crippen molar-refractivity contribution in [3.63, 3.8) is 0 Å². The number of amides is 1. The lowest BCUT2D eigenvalue weighted by molar-refractivity contribution is -0.146. The number of aromatic nitrogens is 1. The second-order valence-corrected chi connectivity index (χ2v) is 7.77. The fraction of sp³-hybridized carbons (Fsp3) is 0.250. The number of hydrogen-bond acceptors (Lipinski definition) is 8. The number of thiophene rings is 1. The Balaban J connectivity index is 1.61. The molecule has 0 saturated heterocycles. The summed E-state index contributed by atoms with van der Waals surface area (Å²) in [4.78, 5) is 29.3. The number of para-hydroxylation sites is 1. The van der Waals surface area contributed by atoms with Crippen molar-refractivity contribution in [1.82, 2.24) is 10.3 Å². The van der Waals surface area contributed by atoms with E-state index in [4.69, 9.17) is 14.2 Å². The molecule has 29 heavy (non-hydrogen) atoms. The van der Waals surface area contributed by atoms with Crippen LogP contribution < -0.4 is 14.8 Å². The van der Waals surface area contributed by atoms with Gasteiger partial charge in [-0.2, -0.15) is 0 Å². The van der Waals surface area contributed by atoms with Crippen molar-refractivity contribution in [2.24, 2.45) is 0 Å². The van der Waals surface area contributed by atoms with E-state index in [2.05, 4.69) is 10.3 Å². The Morgan fingerprint density at radius 1 is 1.14 bits per heavy atom. The zero-order valence-electron chi connectivity index (χ0n) is 16.1. The molecule has 0 aliphatic carbocycles. The lowest BCUT2D eigenvalue weighted by Gasteiger charge is -2.12. The Morgan fingerprint density at radius 2 is 1.97 bits per heavy atom. The monoisotopic (exact) mass is 432 g/mol. The Hall–Kier alpha value is -2.91. The zero-order valence-corrected chi connectivity index (χ0v) is 17.8. The molecule has 1 unspecified atom stereocenters. The summed E-state index contributed by atoms with van der Waals surface area (Å²) in [7, 11) is 3.15. The summed E-state index contributed by atoms with van der Waals surface area (Å²) in [6, 6.07) is 8.26. The summed E-state index contributed by atoms with van der Waals surface area (Å²) in [5.74, 6) is 0.384. The summed E-state index contributed by atoms with van der Waals surface area (Å²) in [6.45, 7) is 1.60. The minimum Gasteiger partial charge on any atom is -0.493 e. The Morgan fingerprint density at radius 3 is 2.66 bits per heavy atom. The Bertz CT molecular complexity index is 985. The second kappa shape index (κ2) is 9.53. The highest BCUT2D eigenvalue weighted by molar-refractivity contribution is 7.13. The number of methoxy groups -OCH3 is 2. The van der Waals surface area contributed by atoms with Crippen molar-refractivity contribution in [1.29, 1.82) is 0 Å². The van der Waals surface area contributed by atoms with Crippen LogP contribution in [0.3, 0.4) is 0 Å². The summed E-state index contributed by atoms with van der Waals surface area (Å²) in [6.07, 6.45) is 0. The molecular formula is C20H20N2O5S2. The third-order valence-corrected chi connectivity index (χ3v) is 5.79. The van der Waals surface area contributed by atoms with Crippen LogP contribution in [-0.2, 0) is 16.1 Å². The van der Waals surface area contributed by atoms with Crippen LogP contribution in [0, 0.1) is 0 Å². The molecule has 0 radical (unpaired) electrons. The molecular weight excluding hydrogens is 412 g/mol. The van der Waals surface area contributed by atoms with Crippen LogP contribution in [0.5, 0.6) is 11.5 Å². The molecule has 3 aromatic rings. The van der Waals surface area contributed by atoms with Crippen molar-refractivity contribution in [2.75, 3.05) is 14.2 Å². The number of esters is 1. The predicted molar refractivity (Wildman–Crippen MR) is 112 cm³/mol. The quantitative estimate of drug-likeness (QED) is 0.546. The molecule has 0 aliphatic rings. The third kappa shape index (κ3) is 4.93. The molecule has 3 rings (SSSR count). The molecule has 7 nitrogen and oxygen atoms in total. The van der Waals surface area contributed by atoms with E-state index >= 15 is 0 Å². The molecule has 1 amide bonds. The number of nitrogens with zero attached hydrogens (tertiary/aromatic N) is 1. The van der Waals surface area contributed by atoms with Crippen LogP contribution >= 0.6 is 22.7 Å². The number of hydrogen-bond donors (Lipinski definition) is 1. The van der Waals surface area contributed by atoms with E-state index in [0.29, 0.717) is 22.1 Å². The molecule has 2 aromatic heterocycles. The molecule has 1 N–H and O–H groups in total. The Labute approximate surface area is 176 Å². The summed E-state index contributed by atoms with van der Waals surface area (Å²) >= 11 is 2.72. The van der Waals surface area contributed by atoms with Crippen LogP contribution in [0.25, 0.3) is 10.6 Å². The maximum absolute atomic E-state index is 12.2. The van der Waals surface area contributed by atoms with Gasteiger partial charge in [0, 0.05) is 5.38 Å². The molecule has 0 bridgehead atoms. The van der Waals surface area contributed by atoms with E-state index in [-0.39, 0.29) is 12.5 Å². The van der Waals surface area contributed by atoms with E-state index in [9.17, 15) is 9.59 Å². The number of carbonyl (C=O) groups is 2. The number of benzene rings is 1. The number of thiazole rings is 1. The molecule has 1 atom stereocenters. The van der Waals surface area contributed by atoms with Crippen LogP contribution in [0.2, 0.25) is 0 Å². The van der Waals surface area contributed by atoms with Crippen molar-refractivity contribution < 1.29 is 23.8 Å². The topological polar surface area (TPSA) is 86.8 Å². The van der Waals surface area contributed by atoms with Crippen molar-refractivity contribution in [3.8, 4) is 22.1 Å². The minimum absolute atomic E-state index is 0.0147. The van der Waals surface area contributed by atoms with Crippen LogP contribution in [0.15, 0.2) is 41.1 Å². The van der Waals surface area contributed by atoms with Crippen LogP contribution in [0.1, 0.15) is 22.3 Å². The molecule has 0 saturated carbocycles. The van der Waals surface area contributed by atoms with Gasteiger partial charge in [-0.3, -0.25) is 4.79 Å². The molecule has 0 fully saturated rings. The molecule has 152 valence electrons. The van der Waals surface area contributed by atoms with Gasteiger partial charge in [0.15, 0.2) is 11.5 Å². The van der Waals surface area contributed by atoms with E-state index < -0.39 is 12.0 Å². The fourth-order valence-electron chi connectivity index (χ4n) is 2.56. The first-order valence-corrected chi connectivity index (χ1v) is 10.5. The van der Waals surface area contributed by atoms with Gasteiger partial charge in [-0.1, -0.05) is 12.1 Å². The number of rotatable bonds is 8. The number of nitrogens with one attached hydrogen (secondary N) is 1. The van der Waals surface area contributed by atoms with Crippen molar-refractivity contribution >= 4 is 34.6 Å². The largest absolute Gasteiger partial charge is 0.493 e. The summed E-state index contributed by atoms with van der Waals surface area (Å²) in [5, 5.41) is 6.97. The predicted octanol–water partition coefficient (Wildman–Crippen LogP) is 3.75. The van der Waals surface area contributed by atoms with Crippen LogP contribution in [0.4, 0.5) is 0 Å². The summed E-state index contributed by atoms with van der Waals surface area (Å²) in [5.41, 5.74) is 1.41. The molecule has 2 heterocycles. The normalized spacial score (nSPS) is 11.6. The van der Waals surface area contributed by atoms with Crippen molar-refractivity contribution in [3.05, 3.63) is 51.7 Å². The SMILES string of the molecule is COc1cccc(-c2nc(COC(=O)C(C)NC(=O)c3cccs3)cs2)c1OC. The first-order chi connectivity index (χ1) is 14.0. The van der Waals surface area contributed by atoms with Gasteiger partial charge in [0.25, 0.3) is 5.91 Å². The van der Waals surface area contributed by atoms with E-state index in [1.165, 1.54) is 22.7 Å². The molecule has 9 heteroatoms. The van der Waals surface area contributed by atoms with Gasteiger partial charge in [-0.15, -0.1) is 22.7 Å². The van der Waals surface area contributed by atoms with Gasteiger partial charge < -0.3 is 19.5 Å². The molecule has 0 spiro atoms. The lowest BCUT2D eigenvalue weighted by atomic mass is 10.2. The third-order valence-electron chi connectivity index (χ3n) is 3.99. The lowest BCUT2D eigenvalue weighted by Crippen LogP contribution is -2.39. The highest BCUT2D eigenvalue weighted by Crippen LogP contribution is 2.39. The minimum atomic E-state index is -0.763. The highest BCUT2D eigenvalue weighted by Gasteiger charge is 2.20. The molecule has 0 aliphatic heterocycles. The first kappa shape index (κ1) is 20.8. The fourth-order valence-corrected chi connectivity index (χ4v) is 4.01. The van der Waals surface area contributed by atoms with E-state index in [1.54, 1.807) is 38.7 Å². The Kier molecular flexibility index (Phi) is 6.84. The number of ether oxygens (including phenoxy) is 3. The average Bonchev–Trinajstić information content (AvgIpc) is 3.43. The van der Waals surface area contributed by atoms with Crippen molar-refractivity contribution in [2.45, 2.75) is 19.6 Å². The maximum Gasteiger partial charge on any atom is 0.328 e. The van der Waals surface area contributed by atoms with Gasteiger partial charge in [-0.25, -0.2) is 9.78 Å². The van der Waals surface area contributed by atoms with Gasteiger partial charge in [0.2, 0.25) is 0 Å². The second-order valence-electron chi connectivity index (χ2n) is 5.97. The van der Waals surface area contributed by atoms with Gasteiger partial charge in [-0.05, 0) is 30.5 Å².